The largest absolute Gasteiger partial charge is 0.497 e. The maximum absolute atomic E-state index is 13.1. The van der Waals surface area contributed by atoms with Crippen molar-refractivity contribution in [3.05, 3.63) is 52.5 Å². The molecule has 0 aliphatic carbocycles. The first-order chi connectivity index (χ1) is 15.3. The predicted molar refractivity (Wildman–Crippen MR) is 108 cm³/mol. The third-order valence-corrected chi connectivity index (χ3v) is 6.16. The Morgan fingerprint density at radius 1 is 1.22 bits per heavy atom. The van der Waals surface area contributed by atoms with E-state index in [1.807, 2.05) is 0 Å². The van der Waals surface area contributed by atoms with Gasteiger partial charge in [-0.25, -0.2) is 9.59 Å². The van der Waals surface area contributed by atoms with E-state index in [2.05, 4.69) is 10.6 Å². The van der Waals surface area contributed by atoms with Gasteiger partial charge in [0, 0.05) is 30.6 Å². The van der Waals surface area contributed by atoms with Gasteiger partial charge in [0.05, 0.1) is 20.2 Å². The van der Waals surface area contributed by atoms with Crippen LogP contribution in [0.5, 0.6) is 5.75 Å². The van der Waals surface area contributed by atoms with E-state index in [0.29, 0.717) is 35.6 Å². The molecule has 1 fully saturated rings. The van der Waals surface area contributed by atoms with Gasteiger partial charge < -0.3 is 30.0 Å². The van der Waals surface area contributed by atoms with Crippen LogP contribution in [-0.4, -0.2) is 53.9 Å². The monoisotopic (exact) mass is 439 g/mol. The SMILES string of the molecule is COc1ccc2c(c1)C(=O)N(C[C@@]1(c3cc4c(o3)CCN(C(N)=O)C4)NC(=O)NC1=O)C2. The summed E-state index contributed by atoms with van der Waals surface area (Å²) in [6.45, 7) is 0.793. The molecule has 0 spiro atoms. The Balaban J connectivity index is 1.49. The molecule has 1 saturated heterocycles. The van der Waals surface area contributed by atoms with Gasteiger partial charge in [-0.2, -0.15) is 0 Å². The quantitative estimate of drug-likeness (QED) is 0.588. The van der Waals surface area contributed by atoms with Crippen LogP contribution in [0.1, 0.15) is 33.0 Å². The number of nitrogens with two attached hydrogens (primary N) is 1. The number of carbonyl (C=O) groups excluding carboxylic acids is 4. The Morgan fingerprint density at radius 2 is 2.03 bits per heavy atom. The smallest absolute Gasteiger partial charge is 0.322 e. The first-order valence-electron chi connectivity index (χ1n) is 10.1. The third-order valence-electron chi connectivity index (χ3n) is 6.16. The Labute approximate surface area is 182 Å². The number of rotatable bonds is 4. The van der Waals surface area contributed by atoms with Gasteiger partial charge in [-0.1, -0.05) is 6.07 Å². The normalized spacial score (nSPS) is 21.8. The number of furan rings is 1. The average molecular weight is 439 g/mol. The lowest BCUT2D eigenvalue weighted by atomic mass is 9.94. The number of carbonyl (C=O) groups is 4. The molecule has 4 N–H and O–H groups in total. The summed E-state index contributed by atoms with van der Waals surface area (Å²) >= 11 is 0. The fourth-order valence-corrected chi connectivity index (χ4v) is 4.47. The molecule has 1 atom stereocenters. The van der Waals surface area contributed by atoms with Crippen molar-refractivity contribution in [2.45, 2.75) is 25.0 Å². The molecule has 32 heavy (non-hydrogen) atoms. The minimum Gasteiger partial charge on any atom is -0.497 e. The second-order valence-corrected chi connectivity index (χ2v) is 8.07. The highest BCUT2D eigenvalue weighted by molar-refractivity contribution is 6.08. The van der Waals surface area contributed by atoms with Crippen LogP contribution in [0.4, 0.5) is 9.59 Å². The Morgan fingerprint density at radius 3 is 2.72 bits per heavy atom. The highest BCUT2D eigenvalue weighted by Crippen LogP contribution is 2.35. The molecular weight excluding hydrogens is 418 g/mol. The van der Waals surface area contributed by atoms with Crippen LogP contribution in [0.15, 0.2) is 28.7 Å². The van der Waals surface area contributed by atoms with Gasteiger partial charge in [0.1, 0.15) is 17.3 Å². The number of nitrogens with one attached hydrogen (secondary N) is 2. The number of amides is 6. The zero-order valence-electron chi connectivity index (χ0n) is 17.3. The van der Waals surface area contributed by atoms with E-state index in [4.69, 9.17) is 14.9 Å². The van der Waals surface area contributed by atoms with Gasteiger partial charge in [0.25, 0.3) is 11.8 Å². The van der Waals surface area contributed by atoms with Crippen molar-refractivity contribution in [1.82, 2.24) is 20.4 Å². The second kappa shape index (κ2) is 7.01. The summed E-state index contributed by atoms with van der Waals surface area (Å²) in [4.78, 5) is 52.6. The number of imide groups is 1. The van der Waals surface area contributed by atoms with Crippen LogP contribution in [0.3, 0.4) is 0 Å². The lowest BCUT2D eigenvalue weighted by molar-refractivity contribution is -0.125. The van der Waals surface area contributed by atoms with E-state index >= 15 is 0 Å². The van der Waals surface area contributed by atoms with E-state index in [1.165, 1.54) is 16.9 Å². The predicted octanol–water partition coefficient (Wildman–Crippen LogP) is 0.416. The summed E-state index contributed by atoms with van der Waals surface area (Å²) in [5, 5.41) is 4.91. The van der Waals surface area contributed by atoms with Gasteiger partial charge in [-0.05, 0) is 23.8 Å². The third kappa shape index (κ3) is 2.96. The minimum atomic E-state index is -1.59. The molecule has 0 bridgehead atoms. The number of primary amides is 1. The molecule has 2 aromatic rings. The van der Waals surface area contributed by atoms with Crippen molar-refractivity contribution in [2.24, 2.45) is 5.73 Å². The van der Waals surface area contributed by atoms with E-state index in [9.17, 15) is 19.2 Å². The second-order valence-electron chi connectivity index (χ2n) is 8.07. The van der Waals surface area contributed by atoms with Crippen molar-refractivity contribution in [1.29, 1.82) is 0 Å². The van der Waals surface area contributed by atoms with Crippen LogP contribution in [0.2, 0.25) is 0 Å². The van der Waals surface area contributed by atoms with Gasteiger partial charge in [0.15, 0.2) is 5.54 Å². The van der Waals surface area contributed by atoms with Crippen LogP contribution in [0, 0.1) is 0 Å². The van der Waals surface area contributed by atoms with E-state index in [1.54, 1.807) is 24.3 Å². The Hall–Kier alpha value is -4.02. The molecule has 5 rings (SSSR count). The average Bonchev–Trinajstić information content (AvgIpc) is 3.41. The number of nitrogens with zero attached hydrogens (tertiary/aromatic N) is 2. The molecule has 1 aromatic heterocycles. The Bertz CT molecular complexity index is 1170. The molecule has 11 heteroatoms. The number of benzene rings is 1. The number of hydrogen-bond acceptors (Lipinski definition) is 6. The van der Waals surface area contributed by atoms with Gasteiger partial charge in [0.2, 0.25) is 0 Å². The topological polar surface area (TPSA) is 147 Å². The van der Waals surface area contributed by atoms with E-state index < -0.39 is 23.5 Å². The molecule has 4 heterocycles. The van der Waals surface area contributed by atoms with E-state index in [0.717, 1.165) is 5.56 Å². The highest BCUT2D eigenvalue weighted by Gasteiger charge is 2.53. The Kier molecular flexibility index (Phi) is 4.36. The molecule has 3 aliphatic rings. The van der Waals surface area contributed by atoms with Crippen molar-refractivity contribution in [3.8, 4) is 5.75 Å². The number of fused-ring (bicyclic) bond motifs is 2. The number of ether oxygens (including phenoxy) is 1. The van der Waals surface area contributed by atoms with E-state index in [-0.39, 0.29) is 31.3 Å². The molecule has 3 aliphatic heterocycles. The zero-order valence-corrected chi connectivity index (χ0v) is 17.3. The first-order valence-corrected chi connectivity index (χ1v) is 10.1. The van der Waals surface area contributed by atoms with Crippen molar-refractivity contribution in [2.75, 3.05) is 20.2 Å². The number of hydrogen-bond donors (Lipinski definition) is 3. The standard InChI is InChI=1S/C21H21N5O6/c1-31-13-3-2-11-8-26(17(27)14(11)7-13)10-21(18(28)23-20(30)24-21)16-6-12-9-25(19(22)29)5-4-15(12)32-16/h2-3,6-7H,4-5,8-10H2,1H3,(H2,22,29)(H2,23,24,28,30)/t21-/m0/s1. The zero-order chi connectivity index (χ0) is 22.6. The van der Waals surface area contributed by atoms with Crippen LogP contribution in [-0.2, 0) is 29.8 Å². The van der Waals surface area contributed by atoms with Crippen LogP contribution < -0.4 is 21.1 Å². The van der Waals surface area contributed by atoms with Gasteiger partial charge in [-0.15, -0.1) is 0 Å². The van der Waals surface area contributed by atoms with Crippen molar-refractivity contribution < 1.29 is 28.3 Å². The fraction of sp³-hybridized carbons (Fsp3) is 0.333. The molecule has 6 amide bonds. The van der Waals surface area contributed by atoms with Crippen LogP contribution >= 0.6 is 0 Å². The van der Waals surface area contributed by atoms with Crippen molar-refractivity contribution in [3.63, 3.8) is 0 Å². The lowest BCUT2D eigenvalue weighted by Gasteiger charge is -2.29. The summed E-state index contributed by atoms with van der Waals surface area (Å²) in [7, 11) is 1.52. The summed E-state index contributed by atoms with van der Waals surface area (Å²) in [5.41, 5.74) is 5.79. The highest BCUT2D eigenvalue weighted by atomic mass is 16.5. The molecule has 166 valence electrons. The van der Waals surface area contributed by atoms with Crippen molar-refractivity contribution >= 4 is 23.9 Å². The molecular formula is C21H21N5O6. The number of urea groups is 2. The van der Waals surface area contributed by atoms with Crippen LogP contribution in [0.25, 0.3) is 0 Å². The fourth-order valence-electron chi connectivity index (χ4n) is 4.47. The number of methoxy groups -OCH3 is 1. The molecule has 11 nitrogen and oxygen atoms in total. The first kappa shape index (κ1) is 19.9. The lowest BCUT2D eigenvalue weighted by Crippen LogP contribution is -2.52. The maximum atomic E-state index is 13.1. The summed E-state index contributed by atoms with van der Waals surface area (Å²) in [6, 6.07) is 5.65. The molecule has 1 aromatic carbocycles. The maximum Gasteiger partial charge on any atom is 0.322 e. The molecule has 0 saturated carbocycles. The van der Waals surface area contributed by atoms with Gasteiger partial charge >= 0.3 is 12.1 Å². The summed E-state index contributed by atoms with van der Waals surface area (Å²) in [5.74, 6) is 0.494. The minimum absolute atomic E-state index is 0.119. The molecule has 0 radical (unpaired) electrons. The summed E-state index contributed by atoms with van der Waals surface area (Å²) in [6.07, 6.45) is 0.428. The summed E-state index contributed by atoms with van der Waals surface area (Å²) < 4.78 is 11.2. The van der Waals surface area contributed by atoms with Gasteiger partial charge in [-0.3, -0.25) is 14.9 Å². The molecule has 0 unspecified atom stereocenters.